The van der Waals surface area contributed by atoms with Gasteiger partial charge in [-0.15, -0.1) is 11.3 Å². The second-order valence-electron chi connectivity index (χ2n) is 11.6. The minimum Gasteiger partial charge on any atom is -0.447 e. The third-order valence-corrected chi connectivity index (χ3v) is 9.70. The molecule has 206 valence electrons. The zero-order valence-electron chi connectivity index (χ0n) is 23.0. The fourth-order valence-electron chi connectivity index (χ4n) is 6.51. The lowest BCUT2D eigenvalue weighted by Crippen LogP contribution is -2.73. The van der Waals surface area contributed by atoms with Gasteiger partial charge in [-0.3, -0.25) is 14.5 Å². The first kappa shape index (κ1) is 27.2. The van der Waals surface area contributed by atoms with Crippen LogP contribution < -0.4 is 10.1 Å². The lowest BCUT2D eigenvalue weighted by Gasteiger charge is -2.52. The van der Waals surface area contributed by atoms with Crippen LogP contribution in [0.15, 0.2) is 35.7 Å². The van der Waals surface area contributed by atoms with Gasteiger partial charge in [-0.25, -0.2) is 0 Å². The molecular formula is C31H43N3O3S. The van der Waals surface area contributed by atoms with Crippen LogP contribution >= 0.6 is 11.3 Å². The summed E-state index contributed by atoms with van der Waals surface area (Å²) in [4.78, 5) is 31.8. The van der Waals surface area contributed by atoms with Crippen molar-refractivity contribution in [2.75, 3.05) is 19.6 Å². The maximum atomic E-state index is 13.7. The summed E-state index contributed by atoms with van der Waals surface area (Å²) in [5.41, 5.74) is 1.75. The van der Waals surface area contributed by atoms with Crippen LogP contribution in [0.25, 0.3) is 0 Å². The Morgan fingerprint density at radius 3 is 2.47 bits per heavy atom. The van der Waals surface area contributed by atoms with Crippen molar-refractivity contribution < 1.29 is 14.3 Å². The molecule has 3 fully saturated rings. The second kappa shape index (κ2) is 12.2. The second-order valence-corrected chi connectivity index (χ2v) is 12.5. The van der Waals surface area contributed by atoms with Crippen molar-refractivity contribution >= 4 is 23.2 Å². The van der Waals surface area contributed by atoms with E-state index in [4.69, 9.17) is 4.74 Å². The van der Waals surface area contributed by atoms with Gasteiger partial charge in [-0.05, 0) is 73.2 Å². The van der Waals surface area contributed by atoms with E-state index in [0.29, 0.717) is 25.3 Å². The molecule has 5 rings (SSSR count). The summed E-state index contributed by atoms with van der Waals surface area (Å²) in [6, 6.07) is 10.0. The van der Waals surface area contributed by atoms with Crippen LogP contribution in [0.3, 0.4) is 0 Å². The molecular weight excluding hydrogens is 494 g/mol. The van der Waals surface area contributed by atoms with Gasteiger partial charge >= 0.3 is 0 Å². The SMILES string of the molecule is CCCCN1C(=O)[C@H](CC2CCCCC2)NC(=O)C12CCN(Cc1ccc(Oc3cc(C)cs3)cc1)CC2. The van der Waals surface area contributed by atoms with Gasteiger partial charge in [0.2, 0.25) is 11.8 Å². The summed E-state index contributed by atoms with van der Waals surface area (Å²) < 4.78 is 5.96. The molecule has 6 nitrogen and oxygen atoms in total. The maximum Gasteiger partial charge on any atom is 0.246 e. The van der Waals surface area contributed by atoms with Crippen molar-refractivity contribution in [3.8, 4) is 10.8 Å². The van der Waals surface area contributed by atoms with E-state index in [2.05, 4.69) is 47.6 Å². The fraction of sp³-hybridized carbons (Fsp3) is 0.613. The number of unbranched alkanes of at least 4 members (excludes halogenated alkanes) is 1. The van der Waals surface area contributed by atoms with Crippen LogP contribution in [0.2, 0.25) is 0 Å². The van der Waals surface area contributed by atoms with E-state index in [1.54, 1.807) is 11.3 Å². The average molecular weight is 538 g/mol. The molecule has 0 radical (unpaired) electrons. The molecule has 1 aromatic heterocycles. The number of likely N-dealkylation sites (tertiary alicyclic amines) is 1. The standard InChI is InChI=1S/C31H43N3O3S/c1-3-4-16-34-29(35)27(20-24-8-6-5-7-9-24)32-30(36)31(34)14-17-33(18-15-31)21-25-10-12-26(13-11-25)37-28-19-23(2)22-38-28/h10-13,19,22,24,27H,3-9,14-18,20-21H2,1-2H3,(H,32,36)/t27-/m0/s1. The summed E-state index contributed by atoms with van der Waals surface area (Å²) in [5.74, 6) is 1.65. The smallest absolute Gasteiger partial charge is 0.246 e. The number of piperazine rings is 1. The molecule has 1 saturated carbocycles. The predicted octanol–water partition coefficient (Wildman–Crippen LogP) is 6.28. The van der Waals surface area contributed by atoms with Gasteiger partial charge < -0.3 is 15.0 Å². The number of carbonyl (C=O) groups excluding carboxylic acids is 2. The first-order chi connectivity index (χ1) is 18.5. The molecule has 38 heavy (non-hydrogen) atoms. The van der Waals surface area contributed by atoms with Gasteiger partial charge in [0.1, 0.15) is 17.3 Å². The zero-order valence-corrected chi connectivity index (χ0v) is 23.9. The molecule has 1 N–H and O–H groups in total. The topological polar surface area (TPSA) is 61.9 Å². The first-order valence-corrected chi connectivity index (χ1v) is 15.5. The summed E-state index contributed by atoms with van der Waals surface area (Å²) in [5, 5.41) is 6.21. The number of nitrogens with zero attached hydrogens (tertiary/aromatic N) is 2. The van der Waals surface area contributed by atoms with Crippen molar-refractivity contribution in [2.24, 2.45) is 5.92 Å². The highest BCUT2D eigenvalue weighted by Crippen LogP contribution is 2.36. The summed E-state index contributed by atoms with van der Waals surface area (Å²) in [6.07, 6.45) is 10.4. The third kappa shape index (κ3) is 6.09. The minimum absolute atomic E-state index is 0.0824. The monoisotopic (exact) mass is 537 g/mol. The molecule has 1 aliphatic carbocycles. The van der Waals surface area contributed by atoms with Gasteiger partial charge in [-0.2, -0.15) is 0 Å². The molecule has 1 atom stereocenters. The van der Waals surface area contributed by atoms with Crippen molar-refractivity contribution in [3.05, 3.63) is 46.8 Å². The molecule has 7 heteroatoms. The first-order valence-electron chi connectivity index (χ1n) is 14.6. The summed E-state index contributed by atoms with van der Waals surface area (Å²) >= 11 is 1.61. The van der Waals surface area contributed by atoms with Gasteiger partial charge in [-0.1, -0.05) is 57.6 Å². The Labute approximate surface area is 231 Å². The average Bonchev–Trinajstić information content (AvgIpc) is 3.34. The number of benzene rings is 1. The van der Waals surface area contributed by atoms with Crippen LogP contribution in [0.1, 0.15) is 82.3 Å². The number of hydrogen-bond acceptors (Lipinski definition) is 5. The number of thiophene rings is 1. The Hall–Kier alpha value is -2.38. The van der Waals surface area contributed by atoms with Crippen LogP contribution in [-0.4, -0.2) is 52.8 Å². The van der Waals surface area contributed by atoms with Crippen LogP contribution in [0, 0.1) is 12.8 Å². The van der Waals surface area contributed by atoms with Gasteiger partial charge in [0, 0.05) is 26.2 Å². The lowest BCUT2D eigenvalue weighted by atomic mass is 9.79. The van der Waals surface area contributed by atoms with E-state index >= 15 is 0 Å². The van der Waals surface area contributed by atoms with E-state index in [-0.39, 0.29) is 17.9 Å². The number of rotatable bonds is 9. The van der Waals surface area contributed by atoms with E-state index in [1.165, 1.54) is 43.2 Å². The van der Waals surface area contributed by atoms with Gasteiger partial charge in [0.25, 0.3) is 0 Å². The molecule has 2 aliphatic heterocycles. The van der Waals surface area contributed by atoms with Crippen LogP contribution in [0.4, 0.5) is 0 Å². The molecule has 2 saturated heterocycles. The maximum absolute atomic E-state index is 13.7. The Balaban J connectivity index is 1.20. The van der Waals surface area contributed by atoms with Gasteiger partial charge in [0.15, 0.2) is 5.06 Å². The number of piperidine rings is 1. The number of carbonyl (C=O) groups is 2. The number of hydrogen-bond donors (Lipinski definition) is 1. The number of ether oxygens (including phenoxy) is 1. The molecule has 1 spiro atoms. The Morgan fingerprint density at radius 1 is 1.08 bits per heavy atom. The van der Waals surface area contributed by atoms with Crippen molar-refractivity contribution in [2.45, 2.75) is 96.2 Å². The Morgan fingerprint density at radius 2 is 1.82 bits per heavy atom. The minimum atomic E-state index is -0.692. The summed E-state index contributed by atoms with van der Waals surface area (Å²) in [7, 11) is 0. The number of nitrogens with one attached hydrogen (secondary N) is 1. The van der Waals surface area contributed by atoms with E-state index in [9.17, 15) is 9.59 Å². The molecule has 2 aromatic rings. The number of amides is 2. The van der Waals surface area contributed by atoms with Crippen molar-refractivity contribution in [1.29, 1.82) is 0 Å². The zero-order chi connectivity index (χ0) is 26.5. The highest BCUT2D eigenvalue weighted by molar-refractivity contribution is 7.12. The predicted molar refractivity (Wildman–Crippen MR) is 153 cm³/mol. The van der Waals surface area contributed by atoms with E-state index in [1.807, 2.05) is 17.0 Å². The highest BCUT2D eigenvalue weighted by Gasteiger charge is 2.53. The van der Waals surface area contributed by atoms with Crippen LogP contribution in [-0.2, 0) is 16.1 Å². The normalized spacial score (nSPS) is 22.6. The number of aryl methyl sites for hydroxylation is 1. The van der Waals surface area contributed by atoms with Crippen molar-refractivity contribution in [1.82, 2.24) is 15.1 Å². The van der Waals surface area contributed by atoms with E-state index < -0.39 is 5.54 Å². The molecule has 3 heterocycles. The quantitative estimate of drug-likeness (QED) is 0.409. The molecule has 2 amide bonds. The third-order valence-electron chi connectivity index (χ3n) is 8.78. The molecule has 1 aromatic carbocycles. The fourth-order valence-corrected chi connectivity index (χ4v) is 7.27. The molecule has 0 unspecified atom stereocenters. The van der Waals surface area contributed by atoms with Crippen molar-refractivity contribution in [3.63, 3.8) is 0 Å². The molecule has 0 bridgehead atoms. The van der Waals surface area contributed by atoms with E-state index in [0.717, 1.165) is 49.7 Å². The van der Waals surface area contributed by atoms with Crippen LogP contribution in [0.5, 0.6) is 10.8 Å². The van der Waals surface area contributed by atoms with Gasteiger partial charge in [0.05, 0.1) is 0 Å². The highest BCUT2D eigenvalue weighted by atomic mass is 32.1. The summed E-state index contributed by atoms with van der Waals surface area (Å²) in [6.45, 7) is 7.37. The molecule has 3 aliphatic rings. The largest absolute Gasteiger partial charge is 0.447 e. The Bertz CT molecular complexity index is 1080. The Kier molecular flexibility index (Phi) is 8.74. The lowest BCUT2D eigenvalue weighted by molar-refractivity contribution is -0.162.